The van der Waals surface area contributed by atoms with E-state index in [-0.39, 0.29) is 0 Å². The third-order valence-corrected chi connectivity index (χ3v) is 4.53. The quantitative estimate of drug-likeness (QED) is 0.793. The van der Waals surface area contributed by atoms with Gasteiger partial charge >= 0.3 is 0 Å². The summed E-state index contributed by atoms with van der Waals surface area (Å²) < 4.78 is 0. The van der Waals surface area contributed by atoms with Crippen LogP contribution in [-0.4, -0.2) is 36.6 Å². The van der Waals surface area contributed by atoms with Crippen molar-refractivity contribution in [3.63, 3.8) is 0 Å². The molecule has 0 aromatic heterocycles. The zero-order valence-electron chi connectivity index (χ0n) is 11.0. The lowest BCUT2D eigenvalue weighted by atomic mass is 9.82. The zero-order chi connectivity index (χ0) is 11.4. The van der Waals surface area contributed by atoms with Crippen molar-refractivity contribution in [2.45, 2.75) is 64.5 Å². The van der Waals surface area contributed by atoms with E-state index in [2.05, 4.69) is 24.1 Å². The van der Waals surface area contributed by atoms with Crippen LogP contribution >= 0.6 is 0 Å². The molecule has 2 heteroatoms. The first-order valence-corrected chi connectivity index (χ1v) is 7.27. The standard InChI is InChI=1S/C14H28N2/c1-3-4-13-5-7-14(8-6-13)16-10-9-15-11-12(16)2/h12-15H,3-11H2,1-2H3. The Morgan fingerprint density at radius 1 is 1.19 bits per heavy atom. The van der Waals surface area contributed by atoms with E-state index < -0.39 is 0 Å². The molecule has 2 fully saturated rings. The largest absolute Gasteiger partial charge is 0.314 e. The molecule has 1 aliphatic carbocycles. The summed E-state index contributed by atoms with van der Waals surface area (Å²) in [7, 11) is 0. The average Bonchev–Trinajstić information content (AvgIpc) is 2.31. The second-order valence-electron chi connectivity index (χ2n) is 5.75. The Kier molecular flexibility index (Phi) is 4.66. The number of nitrogens with one attached hydrogen (secondary N) is 1. The van der Waals surface area contributed by atoms with Gasteiger partial charge in [-0.15, -0.1) is 0 Å². The highest BCUT2D eigenvalue weighted by atomic mass is 15.2. The van der Waals surface area contributed by atoms with Gasteiger partial charge < -0.3 is 5.32 Å². The predicted molar refractivity (Wildman–Crippen MR) is 69.7 cm³/mol. The predicted octanol–water partition coefficient (Wildman–Crippen LogP) is 2.64. The second-order valence-corrected chi connectivity index (χ2v) is 5.75. The van der Waals surface area contributed by atoms with Gasteiger partial charge in [0.15, 0.2) is 0 Å². The lowest BCUT2D eigenvalue weighted by Crippen LogP contribution is -2.54. The molecule has 94 valence electrons. The minimum absolute atomic E-state index is 0.751. The minimum atomic E-state index is 0.751. The third-order valence-electron chi connectivity index (χ3n) is 4.53. The fraction of sp³-hybridized carbons (Fsp3) is 1.00. The molecule has 0 aromatic rings. The summed E-state index contributed by atoms with van der Waals surface area (Å²) in [6.45, 7) is 8.35. The zero-order valence-corrected chi connectivity index (χ0v) is 11.0. The van der Waals surface area contributed by atoms with Gasteiger partial charge in [0, 0.05) is 31.7 Å². The molecule has 2 aliphatic rings. The summed E-state index contributed by atoms with van der Waals surface area (Å²) in [6.07, 6.45) is 8.71. The van der Waals surface area contributed by atoms with Crippen LogP contribution in [-0.2, 0) is 0 Å². The average molecular weight is 224 g/mol. The minimum Gasteiger partial charge on any atom is -0.314 e. The molecule has 1 saturated heterocycles. The molecule has 1 N–H and O–H groups in total. The molecule has 1 saturated carbocycles. The normalized spacial score (nSPS) is 37.5. The van der Waals surface area contributed by atoms with Crippen molar-refractivity contribution in [1.82, 2.24) is 10.2 Å². The molecule has 2 nitrogen and oxygen atoms in total. The summed E-state index contributed by atoms with van der Waals surface area (Å²) >= 11 is 0. The van der Waals surface area contributed by atoms with Gasteiger partial charge in [0.1, 0.15) is 0 Å². The Morgan fingerprint density at radius 3 is 2.56 bits per heavy atom. The molecule has 0 aromatic carbocycles. The van der Waals surface area contributed by atoms with Gasteiger partial charge in [0.05, 0.1) is 0 Å². The number of rotatable bonds is 3. The first kappa shape index (κ1) is 12.4. The molecule has 1 unspecified atom stereocenters. The van der Waals surface area contributed by atoms with Crippen LogP contribution in [0.5, 0.6) is 0 Å². The van der Waals surface area contributed by atoms with Crippen LogP contribution < -0.4 is 5.32 Å². The molecule has 2 rings (SSSR count). The van der Waals surface area contributed by atoms with E-state index in [1.54, 1.807) is 0 Å². The lowest BCUT2D eigenvalue weighted by molar-refractivity contribution is 0.0784. The van der Waals surface area contributed by atoms with Gasteiger partial charge in [-0.2, -0.15) is 0 Å². The molecular weight excluding hydrogens is 196 g/mol. The smallest absolute Gasteiger partial charge is 0.0195 e. The van der Waals surface area contributed by atoms with E-state index in [0.29, 0.717) is 0 Å². The number of piperazine rings is 1. The van der Waals surface area contributed by atoms with Crippen LogP contribution in [0.3, 0.4) is 0 Å². The number of hydrogen-bond donors (Lipinski definition) is 1. The van der Waals surface area contributed by atoms with Gasteiger partial charge in [-0.25, -0.2) is 0 Å². The van der Waals surface area contributed by atoms with Crippen LogP contribution in [0.4, 0.5) is 0 Å². The Hall–Kier alpha value is -0.0800. The van der Waals surface area contributed by atoms with Crippen LogP contribution in [0.25, 0.3) is 0 Å². The van der Waals surface area contributed by atoms with E-state index in [1.807, 2.05) is 0 Å². The summed E-state index contributed by atoms with van der Waals surface area (Å²) in [6, 6.07) is 1.65. The SMILES string of the molecule is CCCC1CCC(N2CCNCC2C)CC1. The highest BCUT2D eigenvalue weighted by molar-refractivity contribution is 4.85. The Balaban J connectivity index is 1.79. The summed E-state index contributed by atoms with van der Waals surface area (Å²) in [5, 5.41) is 3.49. The molecule has 1 heterocycles. The summed E-state index contributed by atoms with van der Waals surface area (Å²) in [5.74, 6) is 1.04. The van der Waals surface area contributed by atoms with Crippen molar-refractivity contribution in [3.8, 4) is 0 Å². The summed E-state index contributed by atoms with van der Waals surface area (Å²) in [4.78, 5) is 2.76. The Labute approximate surface area is 101 Å². The van der Waals surface area contributed by atoms with Crippen molar-refractivity contribution in [2.75, 3.05) is 19.6 Å². The fourth-order valence-electron chi connectivity index (χ4n) is 3.57. The topological polar surface area (TPSA) is 15.3 Å². The molecule has 1 atom stereocenters. The van der Waals surface area contributed by atoms with E-state index in [4.69, 9.17) is 0 Å². The van der Waals surface area contributed by atoms with Gasteiger partial charge in [0.25, 0.3) is 0 Å². The van der Waals surface area contributed by atoms with E-state index in [0.717, 1.165) is 18.0 Å². The van der Waals surface area contributed by atoms with Gasteiger partial charge in [-0.3, -0.25) is 4.90 Å². The molecule has 0 bridgehead atoms. The second kappa shape index (κ2) is 6.02. The van der Waals surface area contributed by atoms with Gasteiger partial charge in [0.2, 0.25) is 0 Å². The van der Waals surface area contributed by atoms with Crippen LogP contribution in [0.2, 0.25) is 0 Å². The fourth-order valence-corrected chi connectivity index (χ4v) is 3.57. The first-order valence-electron chi connectivity index (χ1n) is 7.27. The maximum Gasteiger partial charge on any atom is 0.0195 e. The van der Waals surface area contributed by atoms with E-state index >= 15 is 0 Å². The van der Waals surface area contributed by atoms with Crippen LogP contribution in [0.1, 0.15) is 52.4 Å². The van der Waals surface area contributed by atoms with E-state index in [1.165, 1.54) is 58.2 Å². The first-order chi connectivity index (χ1) is 7.81. The van der Waals surface area contributed by atoms with E-state index in [9.17, 15) is 0 Å². The van der Waals surface area contributed by atoms with Crippen molar-refractivity contribution in [3.05, 3.63) is 0 Å². The van der Waals surface area contributed by atoms with Crippen LogP contribution in [0, 0.1) is 5.92 Å². The highest BCUT2D eigenvalue weighted by Crippen LogP contribution is 2.31. The van der Waals surface area contributed by atoms with Crippen molar-refractivity contribution in [2.24, 2.45) is 5.92 Å². The Bertz CT molecular complexity index is 197. The van der Waals surface area contributed by atoms with Crippen molar-refractivity contribution in [1.29, 1.82) is 0 Å². The number of hydrogen-bond acceptors (Lipinski definition) is 2. The maximum atomic E-state index is 3.49. The van der Waals surface area contributed by atoms with Crippen molar-refractivity contribution >= 4 is 0 Å². The molecule has 0 spiro atoms. The molecule has 16 heavy (non-hydrogen) atoms. The highest BCUT2D eigenvalue weighted by Gasteiger charge is 2.29. The van der Waals surface area contributed by atoms with Crippen LogP contribution in [0.15, 0.2) is 0 Å². The molecule has 0 radical (unpaired) electrons. The Morgan fingerprint density at radius 2 is 1.94 bits per heavy atom. The van der Waals surface area contributed by atoms with Gasteiger partial charge in [-0.05, 0) is 38.5 Å². The lowest BCUT2D eigenvalue weighted by Gasteiger charge is -2.43. The monoisotopic (exact) mass is 224 g/mol. The van der Waals surface area contributed by atoms with Crippen molar-refractivity contribution < 1.29 is 0 Å². The molecule has 1 aliphatic heterocycles. The summed E-state index contributed by atoms with van der Waals surface area (Å²) in [5.41, 5.74) is 0. The third kappa shape index (κ3) is 2.98. The maximum absolute atomic E-state index is 3.49. The van der Waals surface area contributed by atoms with Gasteiger partial charge in [-0.1, -0.05) is 19.8 Å². The number of nitrogens with zero attached hydrogens (tertiary/aromatic N) is 1. The molecule has 0 amide bonds. The molecular formula is C14H28N2.